The first kappa shape index (κ1) is 15.0. The fourth-order valence-corrected chi connectivity index (χ4v) is 2.77. The normalized spacial score (nSPS) is 17.8. The van der Waals surface area contributed by atoms with E-state index in [1.807, 2.05) is 6.07 Å². The van der Waals surface area contributed by atoms with Gasteiger partial charge in [-0.25, -0.2) is 4.79 Å². The van der Waals surface area contributed by atoms with Crippen LogP contribution in [-0.4, -0.2) is 41.8 Å². The molecule has 1 aliphatic heterocycles. The molecule has 1 aromatic heterocycles. The van der Waals surface area contributed by atoms with Gasteiger partial charge < -0.3 is 14.3 Å². The largest absolute Gasteiger partial charge is 0.480 e. The Morgan fingerprint density at radius 1 is 1.47 bits per heavy atom. The molecule has 0 bridgehead atoms. The van der Waals surface area contributed by atoms with Gasteiger partial charge in [0.05, 0.1) is 17.1 Å². The summed E-state index contributed by atoms with van der Waals surface area (Å²) < 4.78 is 12.5. The molecule has 2 rings (SSSR count). The van der Waals surface area contributed by atoms with Crippen LogP contribution < -0.4 is 0 Å². The van der Waals surface area contributed by atoms with Gasteiger partial charge in [-0.3, -0.25) is 4.90 Å². The highest BCUT2D eigenvalue weighted by Crippen LogP contribution is 2.28. The van der Waals surface area contributed by atoms with Gasteiger partial charge in [-0.15, -0.1) is 0 Å². The molecule has 0 aromatic carbocycles. The van der Waals surface area contributed by atoms with Crippen molar-refractivity contribution in [3.05, 3.63) is 21.0 Å². The zero-order chi connectivity index (χ0) is 13.8. The quantitative estimate of drug-likeness (QED) is 0.828. The second-order valence-electron chi connectivity index (χ2n) is 4.51. The van der Waals surface area contributed by atoms with Crippen molar-refractivity contribution in [1.29, 1.82) is 0 Å². The van der Waals surface area contributed by atoms with Gasteiger partial charge in [-0.2, -0.15) is 0 Å². The number of piperidine rings is 1. The van der Waals surface area contributed by atoms with Crippen LogP contribution in [0.5, 0.6) is 0 Å². The molecule has 0 aliphatic carbocycles. The maximum atomic E-state index is 10.4. The van der Waals surface area contributed by atoms with Crippen LogP contribution in [0.4, 0.5) is 0 Å². The van der Waals surface area contributed by atoms with E-state index in [4.69, 9.17) is 14.3 Å². The predicted octanol–water partition coefficient (Wildman–Crippen LogP) is 2.87. The van der Waals surface area contributed by atoms with Crippen molar-refractivity contribution in [3.8, 4) is 0 Å². The number of hydrogen-bond acceptors (Lipinski definition) is 4. The number of carbonyl (C=O) groups is 1. The van der Waals surface area contributed by atoms with Crippen LogP contribution in [0, 0.1) is 0 Å². The van der Waals surface area contributed by atoms with Gasteiger partial charge in [0.2, 0.25) is 0 Å². The SMILES string of the molecule is O=C(O)COC1CCN(Cc2cc(Br)c(Br)o2)CC1. The van der Waals surface area contributed by atoms with Crippen molar-refractivity contribution in [2.75, 3.05) is 19.7 Å². The van der Waals surface area contributed by atoms with Gasteiger partial charge in [0.1, 0.15) is 12.4 Å². The second-order valence-corrected chi connectivity index (χ2v) is 6.09. The molecule has 0 unspecified atom stereocenters. The van der Waals surface area contributed by atoms with Crippen molar-refractivity contribution in [1.82, 2.24) is 4.90 Å². The molecule has 19 heavy (non-hydrogen) atoms. The van der Waals surface area contributed by atoms with Crippen molar-refractivity contribution in [3.63, 3.8) is 0 Å². The molecular weight excluding hydrogens is 382 g/mol. The maximum Gasteiger partial charge on any atom is 0.329 e. The molecule has 1 aliphatic rings. The van der Waals surface area contributed by atoms with E-state index in [1.54, 1.807) is 0 Å². The van der Waals surface area contributed by atoms with E-state index in [2.05, 4.69) is 36.8 Å². The monoisotopic (exact) mass is 395 g/mol. The van der Waals surface area contributed by atoms with Crippen LogP contribution in [0.2, 0.25) is 0 Å². The lowest BCUT2D eigenvalue weighted by molar-refractivity contribution is -0.145. The summed E-state index contributed by atoms with van der Waals surface area (Å²) in [6.45, 7) is 2.33. The van der Waals surface area contributed by atoms with E-state index in [0.717, 1.165) is 42.7 Å². The molecular formula is C12H15Br2NO4. The number of carboxylic acids is 1. The van der Waals surface area contributed by atoms with E-state index in [9.17, 15) is 4.79 Å². The zero-order valence-corrected chi connectivity index (χ0v) is 13.4. The van der Waals surface area contributed by atoms with Crippen LogP contribution in [0.15, 0.2) is 19.6 Å². The molecule has 7 heteroatoms. The average molecular weight is 397 g/mol. The molecule has 1 N–H and O–H groups in total. The first-order chi connectivity index (χ1) is 9.04. The zero-order valence-electron chi connectivity index (χ0n) is 10.3. The summed E-state index contributed by atoms with van der Waals surface area (Å²) >= 11 is 6.71. The Morgan fingerprint density at radius 2 is 2.16 bits per heavy atom. The Balaban J connectivity index is 1.75. The van der Waals surface area contributed by atoms with Crippen molar-refractivity contribution in [2.24, 2.45) is 0 Å². The van der Waals surface area contributed by atoms with E-state index in [-0.39, 0.29) is 12.7 Å². The van der Waals surface area contributed by atoms with E-state index in [1.165, 1.54) is 0 Å². The van der Waals surface area contributed by atoms with Crippen LogP contribution in [-0.2, 0) is 16.1 Å². The Hall–Kier alpha value is -0.370. The van der Waals surface area contributed by atoms with E-state index >= 15 is 0 Å². The third kappa shape index (κ3) is 4.59. The van der Waals surface area contributed by atoms with Crippen LogP contribution in [0.3, 0.4) is 0 Å². The summed E-state index contributed by atoms with van der Waals surface area (Å²) in [6, 6.07) is 1.96. The minimum absolute atomic E-state index is 0.0578. The third-order valence-electron chi connectivity index (χ3n) is 3.05. The Bertz CT molecular complexity index is 421. The minimum Gasteiger partial charge on any atom is -0.480 e. The lowest BCUT2D eigenvalue weighted by Gasteiger charge is -2.30. The standard InChI is InChI=1S/C12H15Br2NO4/c13-10-5-9(19-12(10)14)6-15-3-1-8(2-4-15)18-7-11(16)17/h5,8H,1-4,6-7H2,(H,16,17). The van der Waals surface area contributed by atoms with Gasteiger partial charge >= 0.3 is 5.97 Å². The highest BCUT2D eigenvalue weighted by atomic mass is 79.9. The lowest BCUT2D eigenvalue weighted by Crippen LogP contribution is -2.37. The number of halogens is 2. The number of likely N-dealkylation sites (tertiary alicyclic amines) is 1. The van der Waals surface area contributed by atoms with Crippen LogP contribution in [0.25, 0.3) is 0 Å². The number of rotatable bonds is 5. The summed E-state index contributed by atoms with van der Waals surface area (Å²) in [4.78, 5) is 12.7. The molecule has 0 amide bonds. The topological polar surface area (TPSA) is 62.9 Å². The number of hydrogen-bond donors (Lipinski definition) is 1. The molecule has 2 heterocycles. The summed E-state index contributed by atoms with van der Waals surface area (Å²) in [5.41, 5.74) is 0. The van der Waals surface area contributed by atoms with E-state index < -0.39 is 5.97 Å². The minimum atomic E-state index is -0.910. The summed E-state index contributed by atoms with van der Waals surface area (Å²) in [5.74, 6) is -0.00336. The molecule has 1 saturated heterocycles. The number of aliphatic carboxylic acids is 1. The molecule has 0 atom stereocenters. The van der Waals surface area contributed by atoms with Gasteiger partial charge in [0.25, 0.3) is 0 Å². The highest BCUT2D eigenvalue weighted by molar-refractivity contribution is 9.13. The second kappa shape index (κ2) is 6.88. The first-order valence-electron chi connectivity index (χ1n) is 6.04. The summed E-state index contributed by atoms with van der Waals surface area (Å²) in [5, 5.41) is 8.56. The molecule has 1 aromatic rings. The molecule has 0 radical (unpaired) electrons. The van der Waals surface area contributed by atoms with Crippen molar-refractivity contribution in [2.45, 2.75) is 25.5 Å². The van der Waals surface area contributed by atoms with Crippen molar-refractivity contribution < 1.29 is 19.1 Å². The van der Waals surface area contributed by atoms with E-state index in [0.29, 0.717) is 4.67 Å². The first-order valence-corrected chi connectivity index (χ1v) is 7.62. The number of carboxylic acid groups (broad SMARTS) is 1. The van der Waals surface area contributed by atoms with Gasteiger partial charge in [0.15, 0.2) is 4.67 Å². The van der Waals surface area contributed by atoms with Gasteiger partial charge in [-0.1, -0.05) is 0 Å². The third-order valence-corrected chi connectivity index (χ3v) is 4.76. The molecule has 0 spiro atoms. The predicted molar refractivity (Wildman–Crippen MR) is 76.0 cm³/mol. The highest BCUT2D eigenvalue weighted by Gasteiger charge is 2.21. The number of nitrogens with zero attached hydrogens (tertiary/aromatic N) is 1. The Labute approximate surface area is 128 Å². The van der Waals surface area contributed by atoms with Crippen LogP contribution >= 0.6 is 31.9 Å². The Kier molecular flexibility index (Phi) is 5.44. The van der Waals surface area contributed by atoms with Crippen LogP contribution in [0.1, 0.15) is 18.6 Å². The smallest absolute Gasteiger partial charge is 0.329 e. The lowest BCUT2D eigenvalue weighted by atomic mass is 10.1. The summed E-state index contributed by atoms with van der Waals surface area (Å²) in [7, 11) is 0. The average Bonchev–Trinajstić information content (AvgIpc) is 2.67. The number of ether oxygens (including phenoxy) is 1. The number of furan rings is 1. The molecule has 106 valence electrons. The molecule has 0 saturated carbocycles. The maximum absolute atomic E-state index is 10.4. The molecule has 1 fully saturated rings. The fourth-order valence-electron chi connectivity index (χ4n) is 2.11. The van der Waals surface area contributed by atoms with Gasteiger partial charge in [0, 0.05) is 13.1 Å². The summed E-state index contributed by atoms with van der Waals surface area (Å²) in [6.07, 6.45) is 1.77. The fraction of sp³-hybridized carbons (Fsp3) is 0.583. The molecule has 5 nitrogen and oxygen atoms in total. The van der Waals surface area contributed by atoms with Crippen molar-refractivity contribution >= 4 is 37.8 Å². The van der Waals surface area contributed by atoms with Gasteiger partial charge in [-0.05, 0) is 50.8 Å². The Morgan fingerprint density at radius 3 is 2.68 bits per heavy atom.